The second-order valence-corrected chi connectivity index (χ2v) is 10.6. The summed E-state index contributed by atoms with van der Waals surface area (Å²) < 4.78 is 5.49. The fourth-order valence-electron chi connectivity index (χ4n) is 6.32. The molecule has 3 heterocycles. The number of nitrogens with zero attached hydrogens (tertiary/aromatic N) is 2. The van der Waals surface area contributed by atoms with E-state index in [0.29, 0.717) is 18.0 Å². The van der Waals surface area contributed by atoms with Gasteiger partial charge in [-0.2, -0.15) is 0 Å². The first-order chi connectivity index (χ1) is 17.1. The van der Waals surface area contributed by atoms with E-state index in [2.05, 4.69) is 53.5 Å². The van der Waals surface area contributed by atoms with Gasteiger partial charge in [-0.15, -0.1) is 0 Å². The molecule has 2 aliphatic rings. The van der Waals surface area contributed by atoms with Crippen molar-refractivity contribution in [3.8, 4) is 5.88 Å². The molecule has 1 unspecified atom stereocenters. The van der Waals surface area contributed by atoms with Gasteiger partial charge < -0.3 is 10.1 Å². The molecule has 5 rings (SSSR count). The second kappa shape index (κ2) is 10.5. The number of nitrogens with one attached hydrogen (secondary N) is 1. The summed E-state index contributed by atoms with van der Waals surface area (Å²) in [5.74, 6) is 0.679. The first-order valence-electron chi connectivity index (χ1n) is 12.5. The van der Waals surface area contributed by atoms with E-state index in [-0.39, 0.29) is 11.5 Å². The molecule has 4 nitrogen and oxygen atoms in total. The van der Waals surface area contributed by atoms with Crippen LogP contribution in [0.15, 0.2) is 66.7 Å². The quantitative estimate of drug-likeness (QED) is 0.368. The number of piperidine rings is 1. The summed E-state index contributed by atoms with van der Waals surface area (Å²) in [6.45, 7) is 4.02. The summed E-state index contributed by atoms with van der Waals surface area (Å²) in [6.07, 6.45) is 4.38. The van der Waals surface area contributed by atoms with Gasteiger partial charge in [-0.3, -0.25) is 4.90 Å². The van der Waals surface area contributed by atoms with Crippen molar-refractivity contribution in [2.24, 2.45) is 0 Å². The third-order valence-electron chi connectivity index (χ3n) is 7.82. The number of benzene rings is 2. The Hall–Kier alpha value is -2.11. The highest BCUT2D eigenvalue weighted by Gasteiger charge is 2.52. The zero-order valence-electron chi connectivity index (χ0n) is 20.4. The molecular weight excluding hydrogens is 477 g/mol. The van der Waals surface area contributed by atoms with Crippen LogP contribution in [-0.4, -0.2) is 42.2 Å². The standard InChI is InChI=1S/C29H33Cl2N3O/c1-3-32-19-29(26-13-8-14-27(33-26)35-2)17-20-15-16-21(18-29)34(20)28(22-9-4-6-11-24(22)30)23-10-5-7-12-25(23)31/h4-14,20-21,28,32H,3,15-19H2,1-2H3/t20-,21+,29?. The summed E-state index contributed by atoms with van der Waals surface area (Å²) in [5, 5.41) is 5.22. The molecule has 184 valence electrons. The van der Waals surface area contributed by atoms with E-state index in [1.54, 1.807) is 7.11 Å². The fraction of sp³-hybridized carbons (Fsp3) is 0.414. The van der Waals surface area contributed by atoms with Gasteiger partial charge in [-0.1, -0.05) is 72.6 Å². The minimum absolute atomic E-state index is 0.0188. The molecule has 2 aromatic carbocycles. The van der Waals surface area contributed by atoms with Crippen molar-refractivity contribution in [2.45, 2.75) is 56.1 Å². The monoisotopic (exact) mass is 509 g/mol. The van der Waals surface area contributed by atoms with Crippen molar-refractivity contribution in [1.29, 1.82) is 0 Å². The Balaban J connectivity index is 1.57. The van der Waals surface area contributed by atoms with Crippen molar-refractivity contribution < 1.29 is 4.74 Å². The van der Waals surface area contributed by atoms with E-state index in [1.807, 2.05) is 30.3 Å². The lowest BCUT2D eigenvalue weighted by Crippen LogP contribution is -2.54. The Kier molecular flexibility index (Phi) is 7.36. The van der Waals surface area contributed by atoms with Gasteiger partial charge in [0.2, 0.25) is 5.88 Å². The van der Waals surface area contributed by atoms with E-state index < -0.39 is 0 Å². The van der Waals surface area contributed by atoms with Crippen LogP contribution in [0.3, 0.4) is 0 Å². The van der Waals surface area contributed by atoms with Crippen molar-refractivity contribution in [3.05, 3.63) is 93.6 Å². The van der Waals surface area contributed by atoms with Crippen LogP contribution in [0.25, 0.3) is 0 Å². The summed E-state index contributed by atoms with van der Waals surface area (Å²) >= 11 is 13.6. The average Bonchev–Trinajstić information content (AvgIpc) is 3.14. The Morgan fingerprint density at radius 3 is 2.09 bits per heavy atom. The predicted molar refractivity (Wildman–Crippen MR) is 144 cm³/mol. The van der Waals surface area contributed by atoms with Crippen LogP contribution in [0, 0.1) is 0 Å². The maximum absolute atomic E-state index is 6.81. The van der Waals surface area contributed by atoms with E-state index >= 15 is 0 Å². The molecule has 0 amide bonds. The largest absolute Gasteiger partial charge is 0.481 e. The smallest absolute Gasteiger partial charge is 0.213 e. The fourth-order valence-corrected chi connectivity index (χ4v) is 6.80. The maximum Gasteiger partial charge on any atom is 0.213 e. The number of rotatable bonds is 8. The third kappa shape index (κ3) is 4.70. The number of halogens is 2. The van der Waals surface area contributed by atoms with E-state index in [4.69, 9.17) is 32.9 Å². The lowest BCUT2D eigenvalue weighted by atomic mass is 9.71. The molecule has 1 N–H and O–H groups in total. The molecule has 0 aliphatic carbocycles. The highest BCUT2D eigenvalue weighted by molar-refractivity contribution is 6.32. The normalized spacial score (nSPS) is 24.1. The van der Waals surface area contributed by atoms with Crippen LogP contribution in [0.2, 0.25) is 10.0 Å². The number of ether oxygens (including phenoxy) is 1. The molecule has 0 saturated carbocycles. The number of methoxy groups -OCH3 is 1. The first kappa shape index (κ1) is 24.6. The van der Waals surface area contributed by atoms with Crippen molar-refractivity contribution in [3.63, 3.8) is 0 Å². The van der Waals surface area contributed by atoms with Crippen LogP contribution >= 0.6 is 23.2 Å². The first-order valence-corrected chi connectivity index (χ1v) is 13.3. The minimum atomic E-state index is -0.0433. The summed E-state index contributed by atoms with van der Waals surface area (Å²) in [5.41, 5.74) is 3.33. The molecule has 2 aliphatic heterocycles. The zero-order chi connectivity index (χ0) is 24.4. The maximum atomic E-state index is 6.81. The molecule has 1 aromatic heterocycles. The number of aromatic nitrogens is 1. The third-order valence-corrected chi connectivity index (χ3v) is 8.50. The number of likely N-dealkylation sites (N-methyl/N-ethyl adjacent to an activating group) is 1. The van der Waals surface area contributed by atoms with Crippen molar-refractivity contribution >= 4 is 23.2 Å². The molecule has 2 saturated heterocycles. The lowest BCUT2D eigenvalue weighted by molar-refractivity contribution is 0.0554. The molecule has 6 heteroatoms. The van der Waals surface area contributed by atoms with Crippen molar-refractivity contribution in [1.82, 2.24) is 15.2 Å². The Bertz CT molecular complexity index is 1110. The molecule has 2 bridgehead atoms. The van der Waals surface area contributed by atoms with E-state index in [1.165, 1.54) is 0 Å². The van der Waals surface area contributed by atoms with Crippen LogP contribution in [-0.2, 0) is 5.41 Å². The zero-order valence-corrected chi connectivity index (χ0v) is 21.9. The van der Waals surface area contributed by atoms with E-state index in [9.17, 15) is 0 Å². The molecule has 0 radical (unpaired) electrons. The van der Waals surface area contributed by atoms with Crippen LogP contribution < -0.4 is 10.1 Å². The minimum Gasteiger partial charge on any atom is -0.481 e. The number of fused-ring (bicyclic) bond motifs is 2. The predicted octanol–water partition coefficient (Wildman–Crippen LogP) is 6.66. The molecular formula is C29H33Cl2N3O. The molecule has 0 spiro atoms. The molecule has 3 atom stereocenters. The summed E-state index contributed by atoms with van der Waals surface area (Å²) in [6, 6.07) is 23.4. The Labute approximate surface area is 218 Å². The van der Waals surface area contributed by atoms with Gasteiger partial charge >= 0.3 is 0 Å². The van der Waals surface area contributed by atoms with Gasteiger partial charge in [0.25, 0.3) is 0 Å². The van der Waals surface area contributed by atoms with Gasteiger partial charge in [-0.05, 0) is 61.6 Å². The second-order valence-electron chi connectivity index (χ2n) is 9.81. The molecule has 35 heavy (non-hydrogen) atoms. The van der Waals surface area contributed by atoms with Gasteiger partial charge in [0, 0.05) is 40.2 Å². The summed E-state index contributed by atoms with van der Waals surface area (Å²) in [7, 11) is 1.69. The lowest BCUT2D eigenvalue weighted by Gasteiger charge is -2.49. The number of pyridine rings is 1. The van der Waals surface area contributed by atoms with Crippen molar-refractivity contribution in [2.75, 3.05) is 20.2 Å². The Morgan fingerprint density at radius 2 is 1.54 bits per heavy atom. The Morgan fingerprint density at radius 1 is 0.943 bits per heavy atom. The van der Waals surface area contributed by atoms with Crippen LogP contribution in [0.4, 0.5) is 0 Å². The van der Waals surface area contributed by atoms with Crippen LogP contribution in [0.5, 0.6) is 5.88 Å². The van der Waals surface area contributed by atoms with Gasteiger partial charge in [0.1, 0.15) is 0 Å². The SMILES string of the molecule is CCNCC1(c2cccc(OC)n2)C[C@H]2CC[C@@H](C1)N2C(c1ccccc1Cl)c1ccccc1Cl. The van der Waals surface area contributed by atoms with E-state index in [0.717, 1.165) is 65.6 Å². The topological polar surface area (TPSA) is 37.4 Å². The van der Waals surface area contributed by atoms with Gasteiger partial charge in [-0.25, -0.2) is 4.98 Å². The van der Waals surface area contributed by atoms with Crippen LogP contribution in [0.1, 0.15) is 55.5 Å². The summed E-state index contributed by atoms with van der Waals surface area (Å²) in [4.78, 5) is 7.63. The van der Waals surface area contributed by atoms with Gasteiger partial charge in [0.15, 0.2) is 0 Å². The number of hydrogen-bond donors (Lipinski definition) is 1. The highest BCUT2D eigenvalue weighted by atomic mass is 35.5. The number of hydrogen-bond acceptors (Lipinski definition) is 4. The molecule has 2 fully saturated rings. The molecule has 3 aromatic rings. The average molecular weight is 511 g/mol. The highest BCUT2D eigenvalue weighted by Crippen LogP contribution is 2.52. The van der Waals surface area contributed by atoms with Gasteiger partial charge in [0.05, 0.1) is 18.8 Å².